The minimum absolute atomic E-state index is 0.133. The molecule has 0 radical (unpaired) electrons. The predicted molar refractivity (Wildman–Crippen MR) is 100 cm³/mol. The average Bonchev–Trinajstić information content (AvgIpc) is 2.60. The molecule has 0 aliphatic rings. The third-order valence-electron chi connectivity index (χ3n) is 3.60. The van der Waals surface area contributed by atoms with Crippen LogP contribution in [0.25, 0.3) is 0 Å². The number of rotatable bonds is 10. The van der Waals surface area contributed by atoms with Gasteiger partial charge in [-0.05, 0) is 36.6 Å². The second-order valence-corrected chi connectivity index (χ2v) is 6.31. The van der Waals surface area contributed by atoms with Crippen molar-refractivity contribution in [1.82, 2.24) is 0 Å². The summed E-state index contributed by atoms with van der Waals surface area (Å²) in [7, 11) is 1.63. The normalized spacial score (nSPS) is 10.7. The highest BCUT2D eigenvalue weighted by molar-refractivity contribution is 6.35. The zero-order chi connectivity index (χ0) is 18.1. The van der Waals surface area contributed by atoms with Crippen molar-refractivity contribution in [2.45, 2.75) is 19.4 Å². The standard InChI is InChI=1S/C19H22Cl2O4/c1-23-9-10-24-17-7-5-14(3-2-8-22)19(12-17)25-13-15-4-6-16(20)11-18(15)21/h4-7,11-12,22H,2-3,8-10,13H2,1H3. The maximum absolute atomic E-state index is 9.08. The zero-order valence-electron chi connectivity index (χ0n) is 14.1. The van der Waals surface area contributed by atoms with Crippen LogP contribution in [0.15, 0.2) is 36.4 Å². The van der Waals surface area contributed by atoms with E-state index >= 15 is 0 Å². The van der Waals surface area contributed by atoms with Gasteiger partial charge in [0.2, 0.25) is 0 Å². The summed E-state index contributed by atoms with van der Waals surface area (Å²) in [5.41, 5.74) is 1.86. The molecule has 2 aromatic rings. The van der Waals surface area contributed by atoms with E-state index in [-0.39, 0.29) is 6.61 Å². The monoisotopic (exact) mass is 384 g/mol. The summed E-state index contributed by atoms with van der Waals surface area (Å²) in [5, 5.41) is 10.2. The number of halogens is 2. The summed E-state index contributed by atoms with van der Waals surface area (Å²) in [6.07, 6.45) is 1.39. The SMILES string of the molecule is COCCOc1ccc(CCCO)c(OCc2ccc(Cl)cc2Cl)c1. The number of hydrogen-bond acceptors (Lipinski definition) is 4. The number of ether oxygens (including phenoxy) is 3. The van der Waals surface area contributed by atoms with Gasteiger partial charge in [-0.1, -0.05) is 35.3 Å². The van der Waals surface area contributed by atoms with Crippen LogP contribution in [0, 0.1) is 0 Å². The largest absolute Gasteiger partial charge is 0.491 e. The van der Waals surface area contributed by atoms with Crippen LogP contribution in [-0.2, 0) is 17.8 Å². The fourth-order valence-electron chi connectivity index (χ4n) is 2.27. The number of benzene rings is 2. The maximum Gasteiger partial charge on any atom is 0.126 e. The van der Waals surface area contributed by atoms with Gasteiger partial charge in [-0.2, -0.15) is 0 Å². The smallest absolute Gasteiger partial charge is 0.126 e. The molecule has 0 aromatic heterocycles. The Morgan fingerprint density at radius 1 is 0.960 bits per heavy atom. The molecule has 2 aromatic carbocycles. The molecular formula is C19H22Cl2O4. The summed E-state index contributed by atoms with van der Waals surface area (Å²) < 4.78 is 16.6. The van der Waals surface area contributed by atoms with Crippen LogP contribution in [0.1, 0.15) is 17.5 Å². The number of aliphatic hydroxyl groups is 1. The quantitative estimate of drug-likeness (QED) is 0.611. The van der Waals surface area contributed by atoms with E-state index in [1.807, 2.05) is 24.3 Å². The van der Waals surface area contributed by atoms with Crippen LogP contribution in [-0.4, -0.2) is 32.0 Å². The van der Waals surface area contributed by atoms with Crippen molar-refractivity contribution in [3.05, 3.63) is 57.6 Å². The third-order valence-corrected chi connectivity index (χ3v) is 4.18. The molecule has 0 aliphatic heterocycles. The lowest BCUT2D eigenvalue weighted by Gasteiger charge is -2.14. The molecule has 0 heterocycles. The molecule has 0 atom stereocenters. The van der Waals surface area contributed by atoms with Crippen molar-refractivity contribution >= 4 is 23.2 Å². The van der Waals surface area contributed by atoms with E-state index in [0.717, 1.165) is 23.3 Å². The Hall–Kier alpha value is -1.46. The Bertz CT molecular complexity index is 676. The summed E-state index contributed by atoms with van der Waals surface area (Å²) in [5.74, 6) is 1.43. The van der Waals surface area contributed by atoms with Crippen molar-refractivity contribution in [3.63, 3.8) is 0 Å². The van der Waals surface area contributed by atoms with E-state index < -0.39 is 0 Å². The molecule has 136 valence electrons. The lowest BCUT2D eigenvalue weighted by molar-refractivity contribution is 0.146. The number of aryl methyl sites for hydroxylation is 1. The van der Waals surface area contributed by atoms with Gasteiger partial charge in [0, 0.05) is 35.4 Å². The minimum atomic E-state index is 0.133. The van der Waals surface area contributed by atoms with Gasteiger partial charge in [0.1, 0.15) is 24.7 Å². The highest BCUT2D eigenvalue weighted by Crippen LogP contribution is 2.28. The molecule has 0 spiro atoms. The summed E-state index contributed by atoms with van der Waals surface area (Å²) in [4.78, 5) is 0. The first-order chi connectivity index (χ1) is 12.1. The molecule has 0 fully saturated rings. The molecule has 25 heavy (non-hydrogen) atoms. The Kier molecular flexibility index (Phi) is 8.35. The summed E-state index contributed by atoms with van der Waals surface area (Å²) in [6, 6.07) is 11.0. The molecule has 1 N–H and O–H groups in total. The molecule has 4 nitrogen and oxygen atoms in total. The van der Waals surface area contributed by atoms with Crippen molar-refractivity contribution in [2.24, 2.45) is 0 Å². The summed E-state index contributed by atoms with van der Waals surface area (Å²) in [6.45, 7) is 1.44. The van der Waals surface area contributed by atoms with Crippen LogP contribution in [0.3, 0.4) is 0 Å². The van der Waals surface area contributed by atoms with Crippen molar-refractivity contribution < 1.29 is 19.3 Å². The molecule has 0 unspecified atom stereocenters. The van der Waals surface area contributed by atoms with E-state index in [4.69, 9.17) is 42.5 Å². The molecule has 6 heteroatoms. The zero-order valence-corrected chi connectivity index (χ0v) is 15.6. The molecular weight excluding hydrogens is 363 g/mol. The van der Waals surface area contributed by atoms with Gasteiger partial charge in [-0.15, -0.1) is 0 Å². The van der Waals surface area contributed by atoms with Crippen LogP contribution in [0.4, 0.5) is 0 Å². The second kappa shape index (κ2) is 10.5. The van der Waals surface area contributed by atoms with Crippen molar-refractivity contribution in [1.29, 1.82) is 0 Å². The third kappa shape index (κ3) is 6.40. The van der Waals surface area contributed by atoms with E-state index in [0.29, 0.717) is 42.0 Å². The van der Waals surface area contributed by atoms with Gasteiger partial charge in [-0.3, -0.25) is 0 Å². The average molecular weight is 385 g/mol. The Balaban J connectivity index is 2.11. The first-order valence-electron chi connectivity index (χ1n) is 8.06. The number of hydrogen-bond donors (Lipinski definition) is 1. The Morgan fingerprint density at radius 3 is 2.48 bits per heavy atom. The van der Waals surface area contributed by atoms with E-state index in [9.17, 15) is 0 Å². The molecule has 0 aliphatic carbocycles. The van der Waals surface area contributed by atoms with Gasteiger partial charge in [-0.25, -0.2) is 0 Å². The van der Waals surface area contributed by atoms with Gasteiger partial charge < -0.3 is 19.3 Å². The van der Waals surface area contributed by atoms with Gasteiger partial charge in [0.05, 0.1) is 6.61 Å². The van der Waals surface area contributed by atoms with Crippen molar-refractivity contribution in [3.8, 4) is 11.5 Å². The Labute approximate surface area is 158 Å². The van der Waals surface area contributed by atoms with Crippen LogP contribution in [0.5, 0.6) is 11.5 Å². The molecule has 0 saturated carbocycles. The fourth-order valence-corrected chi connectivity index (χ4v) is 2.74. The highest BCUT2D eigenvalue weighted by Gasteiger charge is 2.09. The van der Waals surface area contributed by atoms with Crippen LogP contribution in [0.2, 0.25) is 10.0 Å². The first-order valence-corrected chi connectivity index (χ1v) is 8.82. The lowest BCUT2D eigenvalue weighted by Crippen LogP contribution is -2.05. The lowest BCUT2D eigenvalue weighted by atomic mass is 10.1. The second-order valence-electron chi connectivity index (χ2n) is 5.46. The van der Waals surface area contributed by atoms with Gasteiger partial charge in [0.25, 0.3) is 0 Å². The van der Waals surface area contributed by atoms with Gasteiger partial charge >= 0.3 is 0 Å². The maximum atomic E-state index is 9.08. The molecule has 0 amide bonds. The molecule has 0 saturated heterocycles. The van der Waals surface area contributed by atoms with E-state index in [1.54, 1.807) is 19.2 Å². The first kappa shape index (κ1) is 19.9. The number of methoxy groups -OCH3 is 1. The minimum Gasteiger partial charge on any atom is -0.491 e. The fraction of sp³-hybridized carbons (Fsp3) is 0.368. The summed E-state index contributed by atoms with van der Waals surface area (Å²) >= 11 is 12.1. The van der Waals surface area contributed by atoms with Crippen molar-refractivity contribution in [2.75, 3.05) is 26.9 Å². The predicted octanol–water partition coefficient (Wildman–Crippen LogP) is 4.52. The van der Waals surface area contributed by atoms with E-state index in [1.165, 1.54) is 0 Å². The van der Waals surface area contributed by atoms with Gasteiger partial charge in [0.15, 0.2) is 0 Å². The van der Waals surface area contributed by atoms with Crippen LogP contribution < -0.4 is 9.47 Å². The Morgan fingerprint density at radius 2 is 1.76 bits per heavy atom. The number of aliphatic hydroxyl groups excluding tert-OH is 1. The molecule has 0 bridgehead atoms. The van der Waals surface area contributed by atoms with E-state index in [2.05, 4.69) is 0 Å². The highest BCUT2D eigenvalue weighted by atomic mass is 35.5. The topological polar surface area (TPSA) is 47.9 Å². The molecule has 2 rings (SSSR count). The van der Waals surface area contributed by atoms with Crippen LogP contribution >= 0.6 is 23.2 Å².